The normalized spacial score (nSPS) is 14.7. The summed E-state index contributed by atoms with van der Waals surface area (Å²) in [4.78, 5) is 33.2. The number of hydrogen-bond acceptors (Lipinski definition) is 7. The molecule has 0 bridgehead atoms. The number of aromatic nitrogens is 2. The minimum absolute atomic E-state index is 0.211. The summed E-state index contributed by atoms with van der Waals surface area (Å²) < 4.78 is 26.8. The van der Waals surface area contributed by atoms with E-state index in [4.69, 9.17) is 9.47 Å². The number of hydrogen-bond donors (Lipinski definition) is 2. The first kappa shape index (κ1) is 40.6. The van der Waals surface area contributed by atoms with Crippen molar-refractivity contribution in [3.63, 3.8) is 0 Å². The number of benzene rings is 3. The second-order valence-electron chi connectivity index (χ2n) is 14.4. The van der Waals surface area contributed by atoms with Gasteiger partial charge in [-0.1, -0.05) is 38.5 Å². The van der Waals surface area contributed by atoms with Crippen LogP contribution in [-0.4, -0.2) is 64.0 Å². The number of nitrogens with zero attached hydrogens (tertiary/aromatic N) is 3. The lowest BCUT2D eigenvalue weighted by atomic mass is 9.91. The van der Waals surface area contributed by atoms with Gasteiger partial charge in [0, 0.05) is 48.9 Å². The number of imidazole rings is 1. The molecule has 11 heteroatoms. The Balaban J connectivity index is 1.33. The van der Waals surface area contributed by atoms with Gasteiger partial charge < -0.3 is 33.9 Å². The van der Waals surface area contributed by atoms with Gasteiger partial charge in [-0.3, -0.25) is 9.59 Å². The van der Waals surface area contributed by atoms with Crippen LogP contribution in [0.25, 0.3) is 17.2 Å². The van der Waals surface area contributed by atoms with Gasteiger partial charge in [-0.05, 0) is 129 Å². The maximum absolute atomic E-state index is 13.8. The zero-order chi connectivity index (χ0) is 38.7. The SMILES string of the molecule is CCCCOCCOc1ccc(-c2ccc3c(c2)/C=C(/C(=O)Nc2ccc([S@+]([O-])Cc4ncn(CCC)c4C)cc2)CCCN3CC(C)(C)C(=O)O)cc1. The van der Waals surface area contributed by atoms with Gasteiger partial charge in [-0.15, -0.1) is 0 Å². The topological polar surface area (TPSA) is 129 Å². The van der Waals surface area contributed by atoms with Crippen molar-refractivity contribution in [3.05, 3.63) is 95.6 Å². The molecule has 4 aromatic rings. The van der Waals surface area contributed by atoms with Gasteiger partial charge in [0.15, 0.2) is 10.6 Å². The fourth-order valence-corrected chi connectivity index (χ4v) is 7.52. The summed E-state index contributed by atoms with van der Waals surface area (Å²) in [6.45, 7) is 13.3. The predicted octanol–water partition coefficient (Wildman–Crippen LogP) is 8.50. The molecular formula is C43H54N4O6S. The zero-order valence-electron chi connectivity index (χ0n) is 32.2. The molecule has 0 spiro atoms. The van der Waals surface area contributed by atoms with Crippen molar-refractivity contribution >= 4 is 40.5 Å². The minimum atomic E-state index is -1.28. The molecule has 0 saturated heterocycles. The van der Waals surface area contributed by atoms with E-state index < -0.39 is 22.6 Å². The van der Waals surface area contributed by atoms with Crippen LogP contribution in [0.3, 0.4) is 0 Å². The van der Waals surface area contributed by atoms with Gasteiger partial charge in [0.2, 0.25) is 0 Å². The average Bonchev–Trinajstić information content (AvgIpc) is 3.49. The van der Waals surface area contributed by atoms with Crippen molar-refractivity contribution in [2.24, 2.45) is 5.41 Å². The summed E-state index contributed by atoms with van der Waals surface area (Å²) in [7, 11) is 0. The first-order valence-electron chi connectivity index (χ1n) is 18.9. The van der Waals surface area contributed by atoms with Crippen LogP contribution < -0.4 is 15.0 Å². The Bertz CT molecular complexity index is 1890. The van der Waals surface area contributed by atoms with E-state index in [0.717, 1.165) is 71.9 Å². The summed E-state index contributed by atoms with van der Waals surface area (Å²) in [5, 5.41) is 13.0. The molecule has 0 radical (unpaired) electrons. The monoisotopic (exact) mass is 754 g/mol. The molecule has 0 unspecified atom stereocenters. The molecule has 0 saturated carbocycles. The lowest BCUT2D eigenvalue weighted by Gasteiger charge is -2.34. The molecule has 0 aliphatic carbocycles. The van der Waals surface area contributed by atoms with E-state index in [2.05, 4.69) is 39.7 Å². The standard InChI is InChI=1S/C43H54N4O6S/c1-6-8-23-52-24-25-53-37-16-11-32(12-17-37)33-13-20-40-35(26-33)27-34(10-9-22-46(40)29-43(4,5)42(49)50)41(48)45-36-14-18-38(19-15-36)54(51)28-39-31(3)47(21-7-2)30-44-39/h11-20,26-27,30H,6-10,21-25,28-29H2,1-5H3,(H,45,48)(H,49,50)/b34-27+/t54-/m1/s1. The third kappa shape index (κ3) is 10.8. The Kier molecular flexibility index (Phi) is 14.4. The number of ether oxygens (including phenoxy) is 2. The molecule has 1 amide bonds. The number of carbonyl (C=O) groups excluding carboxylic acids is 1. The van der Waals surface area contributed by atoms with Crippen LogP contribution >= 0.6 is 0 Å². The number of carboxylic acids is 1. The Labute approximate surface area is 322 Å². The van der Waals surface area contributed by atoms with Gasteiger partial charge >= 0.3 is 5.97 Å². The first-order valence-corrected chi connectivity index (χ1v) is 20.2. The third-order valence-corrected chi connectivity index (χ3v) is 11.0. The van der Waals surface area contributed by atoms with E-state index in [1.54, 1.807) is 38.1 Å². The Morgan fingerprint density at radius 3 is 2.43 bits per heavy atom. The molecule has 2 heterocycles. The largest absolute Gasteiger partial charge is 0.611 e. The maximum atomic E-state index is 13.8. The van der Waals surface area contributed by atoms with Crippen molar-refractivity contribution in [1.82, 2.24) is 9.55 Å². The van der Waals surface area contributed by atoms with Crippen LogP contribution in [0.1, 0.15) is 76.8 Å². The highest BCUT2D eigenvalue weighted by Gasteiger charge is 2.31. The van der Waals surface area contributed by atoms with Crippen LogP contribution in [-0.2, 0) is 37.8 Å². The highest BCUT2D eigenvalue weighted by atomic mass is 32.2. The molecule has 54 heavy (non-hydrogen) atoms. The highest BCUT2D eigenvalue weighted by molar-refractivity contribution is 7.90. The Hall–Kier alpha value is -4.58. The molecule has 288 valence electrons. The van der Waals surface area contributed by atoms with Crippen LogP contribution in [0, 0.1) is 12.3 Å². The first-order chi connectivity index (χ1) is 26.0. The quantitative estimate of drug-likeness (QED) is 0.0765. The second kappa shape index (κ2) is 19.1. The number of fused-ring (bicyclic) bond motifs is 1. The summed E-state index contributed by atoms with van der Waals surface area (Å²) in [5.41, 5.74) is 5.80. The molecule has 3 aromatic carbocycles. The Morgan fingerprint density at radius 1 is 0.981 bits per heavy atom. The van der Waals surface area contributed by atoms with Crippen molar-refractivity contribution < 1.29 is 28.7 Å². The minimum Gasteiger partial charge on any atom is -0.611 e. The summed E-state index contributed by atoms with van der Waals surface area (Å²) in [6, 6.07) is 21.2. The number of carbonyl (C=O) groups is 2. The summed E-state index contributed by atoms with van der Waals surface area (Å²) in [6.07, 6.45) is 8.06. The molecule has 1 atom stereocenters. The Morgan fingerprint density at radius 2 is 1.72 bits per heavy atom. The van der Waals surface area contributed by atoms with E-state index >= 15 is 0 Å². The maximum Gasteiger partial charge on any atom is 0.310 e. The molecule has 5 rings (SSSR count). The van der Waals surface area contributed by atoms with Crippen LogP contribution in [0.15, 0.2) is 83.5 Å². The zero-order valence-corrected chi connectivity index (χ0v) is 33.0. The number of amides is 1. The average molecular weight is 755 g/mol. The second-order valence-corrected chi connectivity index (χ2v) is 15.9. The van der Waals surface area contributed by atoms with Gasteiger partial charge in [-0.2, -0.15) is 0 Å². The summed E-state index contributed by atoms with van der Waals surface area (Å²) in [5.74, 6) is 0.0200. The van der Waals surface area contributed by atoms with E-state index in [-0.39, 0.29) is 5.91 Å². The lowest BCUT2D eigenvalue weighted by Crippen LogP contribution is -2.40. The van der Waals surface area contributed by atoms with Crippen molar-refractivity contribution in [2.45, 2.75) is 83.9 Å². The van der Waals surface area contributed by atoms with Gasteiger partial charge in [0.05, 0.1) is 18.3 Å². The molecule has 1 aromatic heterocycles. The molecule has 0 fully saturated rings. The van der Waals surface area contributed by atoms with E-state index in [1.165, 1.54) is 0 Å². The fraction of sp³-hybridized carbons (Fsp3) is 0.419. The van der Waals surface area contributed by atoms with E-state index in [0.29, 0.717) is 61.1 Å². The number of rotatable bonds is 18. The highest BCUT2D eigenvalue weighted by Crippen LogP contribution is 2.35. The van der Waals surface area contributed by atoms with Crippen LogP contribution in [0.5, 0.6) is 5.75 Å². The molecule has 1 aliphatic heterocycles. The van der Waals surface area contributed by atoms with Crippen LogP contribution in [0.2, 0.25) is 0 Å². The number of aryl methyl sites for hydroxylation is 1. The summed E-state index contributed by atoms with van der Waals surface area (Å²) >= 11 is -1.28. The lowest BCUT2D eigenvalue weighted by molar-refractivity contribution is -0.146. The molecule has 10 nitrogen and oxygen atoms in total. The van der Waals surface area contributed by atoms with Gasteiger partial charge in [-0.25, -0.2) is 4.98 Å². The van der Waals surface area contributed by atoms with Gasteiger partial charge in [0.1, 0.15) is 18.1 Å². The van der Waals surface area contributed by atoms with Crippen molar-refractivity contribution in [3.8, 4) is 16.9 Å². The molecular weight excluding hydrogens is 701 g/mol. The number of nitrogens with one attached hydrogen (secondary N) is 1. The number of carboxylic acid groups (broad SMARTS) is 1. The molecule has 2 N–H and O–H groups in total. The van der Waals surface area contributed by atoms with Crippen molar-refractivity contribution in [2.75, 3.05) is 43.1 Å². The predicted molar refractivity (Wildman–Crippen MR) is 216 cm³/mol. The van der Waals surface area contributed by atoms with E-state index in [1.807, 2.05) is 55.7 Å². The van der Waals surface area contributed by atoms with E-state index in [9.17, 15) is 19.2 Å². The smallest absolute Gasteiger partial charge is 0.310 e. The number of anilines is 2. The van der Waals surface area contributed by atoms with Gasteiger partial charge in [0.25, 0.3) is 5.91 Å². The number of aliphatic carboxylic acids is 1. The fourth-order valence-electron chi connectivity index (χ4n) is 6.38. The molecule has 1 aliphatic rings. The third-order valence-electron chi connectivity index (χ3n) is 9.66. The van der Waals surface area contributed by atoms with Crippen LogP contribution in [0.4, 0.5) is 11.4 Å². The number of unbranched alkanes of at least 4 members (excludes halogenated alkanes) is 1. The van der Waals surface area contributed by atoms with Crippen molar-refractivity contribution in [1.29, 1.82) is 0 Å².